The molecular weight excluding hydrogens is 401 g/mol. The van der Waals surface area contributed by atoms with Gasteiger partial charge in [0.25, 0.3) is 0 Å². The van der Waals surface area contributed by atoms with Crippen molar-refractivity contribution in [2.24, 2.45) is 5.73 Å². The van der Waals surface area contributed by atoms with Crippen LogP contribution < -0.4 is 5.73 Å². The van der Waals surface area contributed by atoms with Crippen LogP contribution in [0.25, 0.3) is 11.1 Å². The predicted octanol–water partition coefficient (Wildman–Crippen LogP) is 6.36. The van der Waals surface area contributed by atoms with Crippen LogP contribution in [0.15, 0.2) is 66.7 Å². The number of carbonyl (C=O) groups excluding carboxylic acids is 1. The third-order valence-electron chi connectivity index (χ3n) is 4.38. The second kappa shape index (κ2) is 9.80. The molecule has 0 aromatic heterocycles. The fourth-order valence-corrected chi connectivity index (χ4v) is 3.35. The molecule has 27 heavy (non-hydrogen) atoms. The Morgan fingerprint density at radius 2 is 1.56 bits per heavy atom. The predicted molar refractivity (Wildman–Crippen MR) is 116 cm³/mol. The first-order valence-electron chi connectivity index (χ1n) is 8.46. The summed E-state index contributed by atoms with van der Waals surface area (Å²) in [6, 6.07) is 21.5. The SMILES string of the molecule is Cl.NC(=O)c1cccc(-c2ccc(CCCc3cccc(Cl)c3Cl)cc2)c1. The van der Waals surface area contributed by atoms with Crippen LogP contribution >= 0.6 is 35.6 Å². The molecule has 0 aliphatic rings. The topological polar surface area (TPSA) is 43.1 Å². The van der Waals surface area contributed by atoms with Crippen molar-refractivity contribution in [2.45, 2.75) is 19.3 Å². The number of nitrogens with two attached hydrogens (primary N) is 1. The summed E-state index contributed by atoms with van der Waals surface area (Å²) in [6.45, 7) is 0. The average Bonchev–Trinajstić information content (AvgIpc) is 2.66. The third kappa shape index (κ3) is 5.49. The molecule has 2 nitrogen and oxygen atoms in total. The van der Waals surface area contributed by atoms with E-state index < -0.39 is 5.91 Å². The molecule has 0 fully saturated rings. The van der Waals surface area contributed by atoms with Crippen molar-refractivity contribution < 1.29 is 4.79 Å². The number of hydrogen-bond acceptors (Lipinski definition) is 1. The molecule has 140 valence electrons. The van der Waals surface area contributed by atoms with E-state index >= 15 is 0 Å². The summed E-state index contributed by atoms with van der Waals surface area (Å²) in [5.74, 6) is -0.414. The Bertz CT molecular complexity index is 923. The van der Waals surface area contributed by atoms with Gasteiger partial charge in [-0.3, -0.25) is 4.79 Å². The minimum atomic E-state index is -0.414. The number of benzene rings is 3. The van der Waals surface area contributed by atoms with Gasteiger partial charge in [0, 0.05) is 5.56 Å². The number of amides is 1. The third-order valence-corrected chi connectivity index (χ3v) is 5.24. The standard InChI is InChI=1S/C22H19Cl2NO.ClH/c23-20-9-3-6-17(21(20)24)5-1-4-15-10-12-16(13-11-15)18-7-2-8-19(14-18)22(25)26;/h2-3,6-14H,1,4-5H2,(H2,25,26);1H. The van der Waals surface area contributed by atoms with E-state index in [1.807, 2.05) is 30.3 Å². The Hall–Kier alpha value is -2.00. The van der Waals surface area contributed by atoms with Gasteiger partial charge in [0.1, 0.15) is 0 Å². The van der Waals surface area contributed by atoms with Gasteiger partial charge in [0.2, 0.25) is 5.91 Å². The van der Waals surface area contributed by atoms with Crippen LogP contribution in [0, 0.1) is 0 Å². The van der Waals surface area contributed by atoms with E-state index in [-0.39, 0.29) is 12.4 Å². The molecule has 3 rings (SSSR count). The molecule has 0 aliphatic carbocycles. The van der Waals surface area contributed by atoms with E-state index in [0.29, 0.717) is 15.6 Å². The van der Waals surface area contributed by atoms with Crippen LogP contribution in [0.2, 0.25) is 10.0 Å². The minimum Gasteiger partial charge on any atom is -0.366 e. The number of aryl methyl sites for hydroxylation is 2. The van der Waals surface area contributed by atoms with E-state index in [1.165, 1.54) is 5.56 Å². The molecule has 5 heteroatoms. The van der Waals surface area contributed by atoms with Crippen molar-refractivity contribution in [3.8, 4) is 11.1 Å². The number of hydrogen-bond donors (Lipinski definition) is 1. The molecule has 3 aromatic carbocycles. The van der Waals surface area contributed by atoms with Gasteiger partial charge in [-0.2, -0.15) is 0 Å². The highest BCUT2D eigenvalue weighted by Gasteiger charge is 2.06. The second-order valence-corrected chi connectivity index (χ2v) is 6.99. The summed E-state index contributed by atoms with van der Waals surface area (Å²) >= 11 is 12.3. The van der Waals surface area contributed by atoms with Gasteiger partial charge in [-0.1, -0.05) is 71.7 Å². The smallest absolute Gasteiger partial charge is 0.248 e. The Kier molecular flexibility index (Phi) is 7.73. The molecule has 2 N–H and O–H groups in total. The van der Waals surface area contributed by atoms with Gasteiger partial charge >= 0.3 is 0 Å². The quantitative estimate of drug-likeness (QED) is 0.495. The highest BCUT2D eigenvalue weighted by atomic mass is 35.5. The van der Waals surface area contributed by atoms with E-state index in [0.717, 1.165) is 36.0 Å². The molecule has 0 unspecified atom stereocenters. The van der Waals surface area contributed by atoms with Gasteiger partial charge < -0.3 is 5.73 Å². The van der Waals surface area contributed by atoms with Gasteiger partial charge in [-0.05, 0) is 59.7 Å². The van der Waals surface area contributed by atoms with E-state index in [2.05, 4.69) is 24.3 Å². The van der Waals surface area contributed by atoms with Crippen molar-refractivity contribution in [2.75, 3.05) is 0 Å². The Balaban J connectivity index is 0.00000261. The highest BCUT2D eigenvalue weighted by Crippen LogP contribution is 2.27. The summed E-state index contributed by atoms with van der Waals surface area (Å²) in [6.07, 6.45) is 2.85. The van der Waals surface area contributed by atoms with E-state index in [1.54, 1.807) is 12.1 Å². The number of primary amides is 1. The summed E-state index contributed by atoms with van der Waals surface area (Å²) < 4.78 is 0. The lowest BCUT2D eigenvalue weighted by atomic mass is 9.99. The van der Waals surface area contributed by atoms with Crippen LogP contribution in [0.4, 0.5) is 0 Å². The first-order valence-corrected chi connectivity index (χ1v) is 9.22. The molecule has 0 saturated heterocycles. The lowest BCUT2D eigenvalue weighted by Gasteiger charge is -2.07. The van der Waals surface area contributed by atoms with Gasteiger partial charge in [0.05, 0.1) is 10.0 Å². The van der Waals surface area contributed by atoms with Crippen molar-refractivity contribution in [3.63, 3.8) is 0 Å². The maximum absolute atomic E-state index is 11.3. The zero-order valence-electron chi connectivity index (χ0n) is 14.6. The maximum Gasteiger partial charge on any atom is 0.248 e. The van der Waals surface area contributed by atoms with Crippen molar-refractivity contribution in [1.29, 1.82) is 0 Å². The fraction of sp³-hybridized carbons (Fsp3) is 0.136. The molecular formula is C22H20Cl3NO. The van der Waals surface area contributed by atoms with Gasteiger partial charge in [-0.25, -0.2) is 0 Å². The normalized spacial score (nSPS) is 10.3. The molecule has 1 amide bonds. The van der Waals surface area contributed by atoms with Crippen LogP contribution in [0.5, 0.6) is 0 Å². The first-order chi connectivity index (χ1) is 12.5. The van der Waals surface area contributed by atoms with Gasteiger partial charge in [0.15, 0.2) is 0 Å². The Labute approximate surface area is 175 Å². The van der Waals surface area contributed by atoms with E-state index in [9.17, 15) is 4.79 Å². The molecule has 0 spiro atoms. The molecule has 0 bridgehead atoms. The summed E-state index contributed by atoms with van der Waals surface area (Å²) in [5, 5.41) is 1.26. The zero-order chi connectivity index (χ0) is 18.5. The largest absolute Gasteiger partial charge is 0.366 e. The lowest BCUT2D eigenvalue weighted by Crippen LogP contribution is -2.10. The molecule has 3 aromatic rings. The molecule has 0 saturated carbocycles. The van der Waals surface area contributed by atoms with Crippen LogP contribution in [0.3, 0.4) is 0 Å². The maximum atomic E-state index is 11.3. The van der Waals surface area contributed by atoms with Crippen LogP contribution in [0.1, 0.15) is 27.9 Å². The number of rotatable bonds is 6. The van der Waals surface area contributed by atoms with Crippen molar-refractivity contribution in [3.05, 3.63) is 93.5 Å². The summed E-state index contributed by atoms with van der Waals surface area (Å²) in [5.41, 5.74) is 10.3. The van der Waals surface area contributed by atoms with Crippen molar-refractivity contribution in [1.82, 2.24) is 0 Å². The monoisotopic (exact) mass is 419 g/mol. The molecule has 0 radical (unpaired) electrons. The van der Waals surface area contributed by atoms with Crippen molar-refractivity contribution >= 4 is 41.5 Å². The van der Waals surface area contributed by atoms with E-state index in [4.69, 9.17) is 28.9 Å². The summed E-state index contributed by atoms with van der Waals surface area (Å²) in [7, 11) is 0. The van der Waals surface area contributed by atoms with Gasteiger partial charge in [-0.15, -0.1) is 12.4 Å². The molecule has 0 aliphatic heterocycles. The first kappa shape index (κ1) is 21.3. The fourth-order valence-electron chi connectivity index (χ4n) is 2.94. The summed E-state index contributed by atoms with van der Waals surface area (Å²) in [4.78, 5) is 11.3. The highest BCUT2D eigenvalue weighted by molar-refractivity contribution is 6.42. The average molecular weight is 421 g/mol. The zero-order valence-corrected chi connectivity index (χ0v) is 17.0. The minimum absolute atomic E-state index is 0. The number of halogens is 3. The van der Waals surface area contributed by atoms with Crippen LogP contribution in [-0.4, -0.2) is 5.91 Å². The van der Waals surface area contributed by atoms with Crippen LogP contribution in [-0.2, 0) is 12.8 Å². The Morgan fingerprint density at radius 3 is 2.26 bits per heavy atom. The Morgan fingerprint density at radius 1 is 0.852 bits per heavy atom. The lowest BCUT2D eigenvalue weighted by molar-refractivity contribution is 0.100. The number of carbonyl (C=O) groups is 1. The molecule has 0 atom stereocenters. The second-order valence-electron chi connectivity index (χ2n) is 6.21. The molecule has 0 heterocycles.